The Kier molecular flexibility index (Phi) is 9.88. The molecule has 0 aromatic heterocycles. The molecule has 0 fully saturated rings. The van der Waals surface area contributed by atoms with Crippen LogP contribution in [0.25, 0.3) is 0 Å². The third-order valence-corrected chi connectivity index (χ3v) is 3.86. The number of benzene rings is 2. The van der Waals surface area contributed by atoms with Gasteiger partial charge in [0.1, 0.15) is 19.8 Å². The minimum absolute atomic E-state index is 0.199. The van der Waals surface area contributed by atoms with Crippen molar-refractivity contribution < 1.29 is 24.0 Å². The number of esters is 1. The highest BCUT2D eigenvalue weighted by Gasteiger charge is 2.17. The SMILES string of the molecule is CCON=Cc1ccc(CN(OCc2ccccc2)C(=O)NCC(=O)OCC)cc1. The Labute approximate surface area is 176 Å². The number of oxime groups is 1. The fourth-order valence-corrected chi connectivity index (χ4v) is 2.40. The number of nitrogens with zero attached hydrogens (tertiary/aromatic N) is 2. The van der Waals surface area contributed by atoms with E-state index < -0.39 is 12.0 Å². The van der Waals surface area contributed by atoms with E-state index in [0.29, 0.717) is 6.61 Å². The Morgan fingerprint density at radius 3 is 2.40 bits per heavy atom. The number of nitrogens with one attached hydrogen (secondary N) is 1. The predicted octanol–water partition coefficient (Wildman–Crippen LogP) is 3.26. The lowest BCUT2D eigenvalue weighted by Gasteiger charge is -2.22. The smallest absolute Gasteiger partial charge is 0.342 e. The van der Waals surface area contributed by atoms with Crippen molar-refractivity contribution in [2.75, 3.05) is 19.8 Å². The third kappa shape index (κ3) is 8.32. The maximum absolute atomic E-state index is 12.6. The summed E-state index contributed by atoms with van der Waals surface area (Å²) in [5, 5.41) is 7.54. The lowest BCUT2D eigenvalue weighted by molar-refractivity contribution is -0.144. The highest BCUT2D eigenvalue weighted by Crippen LogP contribution is 2.10. The standard InChI is InChI=1S/C22H27N3O5/c1-3-28-21(26)15-23-22(27)25(30-17-20-8-6-5-7-9-20)16-19-12-10-18(11-13-19)14-24-29-4-2/h5-14H,3-4,15-17H2,1-2H3,(H,23,27). The van der Waals surface area contributed by atoms with Gasteiger partial charge in [0.2, 0.25) is 0 Å². The Bertz CT molecular complexity index is 809. The van der Waals surface area contributed by atoms with Crippen LogP contribution in [-0.2, 0) is 32.4 Å². The predicted molar refractivity (Wildman–Crippen MR) is 112 cm³/mol. The molecule has 0 unspecified atom stereocenters. The first-order valence-corrected chi connectivity index (χ1v) is 9.74. The molecule has 0 spiro atoms. The van der Waals surface area contributed by atoms with E-state index in [9.17, 15) is 9.59 Å². The zero-order valence-electron chi connectivity index (χ0n) is 17.2. The van der Waals surface area contributed by atoms with Crippen molar-refractivity contribution in [3.05, 3.63) is 71.3 Å². The molecule has 2 amide bonds. The Hall–Kier alpha value is -3.39. The van der Waals surface area contributed by atoms with Crippen molar-refractivity contribution >= 4 is 18.2 Å². The molecule has 30 heavy (non-hydrogen) atoms. The van der Waals surface area contributed by atoms with Gasteiger partial charge in [-0.1, -0.05) is 59.8 Å². The summed E-state index contributed by atoms with van der Waals surface area (Å²) in [6, 6.07) is 16.4. The van der Waals surface area contributed by atoms with Crippen molar-refractivity contribution in [2.45, 2.75) is 27.0 Å². The van der Waals surface area contributed by atoms with Gasteiger partial charge in [-0.2, -0.15) is 5.06 Å². The topological polar surface area (TPSA) is 89.5 Å². The quantitative estimate of drug-likeness (QED) is 0.347. The van der Waals surface area contributed by atoms with Crippen LogP contribution in [0.1, 0.15) is 30.5 Å². The minimum atomic E-state index is -0.527. The molecule has 8 heteroatoms. The van der Waals surface area contributed by atoms with Gasteiger partial charge >= 0.3 is 12.0 Å². The Balaban J connectivity index is 2.02. The molecule has 0 aliphatic rings. The molecule has 0 bridgehead atoms. The van der Waals surface area contributed by atoms with E-state index in [1.165, 1.54) is 5.06 Å². The molecule has 1 N–H and O–H groups in total. The minimum Gasteiger partial charge on any atom is -0.465 e. The number of hydrogen-bond donors (Lipinski definition) is 1. The van der Waals surface area contributed by atoms with E-state index in [2.05, 4.69) is 10.5 Å². The molecule has 0 aliphatic carbocycles. The van der Waals surface area contributed by atoms with Gasteiger partial charge in [0, 0.05) is 0 Å². The maximum atomic E-state index is 12.6. The first-order chi connectivity index (χ1) is 14.6. The highest BCUT2D eigenvalue weighted by molar-refractivity contribution is 5.80. The summed E-state index contributed by atoms with van der Waals surface area (Å²) >= 11 is 0. The number of carbonyl (C=O) groups is 2. The maximum Gasteiger partial charge on any atom is 0.342 e. The van der Waals surface area contributed by atoms with Crippen molar-refractivity contribution in [2.24, 2.45) is 5.16 Å². The largest absolute Gasteiger partial charge is 0.465 e. The Morgan fingerprint density at radius 1 is 1.00 bits per heavy atom. The Morgan fingerprint density at radius 2 is 1.73 bits per heavy atom. The summed E-state index contributed by atoms with van der Waals surface area (Å²) in [5.41, 5.74) is 2.64. The van der Waals surface area contributed by atoms with E-state index in [4.69, 9.17) is 14.4 Å². The number of ether oxygens (including phenoxy) is 1. The van der Waals surface area contributed by atoms with Gasteiger partial charge in [-0.25, -0.2) is 4.79 Å². The molecule has 0 saturated carbocycles. The summed E-state index contributed by atoms with van der Waals surface area (Å²) in [7, 11) is 0. The average Bonchev–Trinajstić information content (AvgIpc) is 2.77. The van der Waals surface area contributed by atoms with Crippen LogP contribution in [0, 0.1) is 0 Å². The molecule has 160 valence electrons. The van der Waals surface area contributed by atoms with E-state index >= 15 is 0 Å². The van der Waals surface area contributed by atoms with E-state index in [0.717, 1.165) is 16.7 Å². The van der Waals surface area contributed by atoms with Crippen molar-refractivity contribution in [1.29, 1.82) is 0 Å². The van der Waals surface area contributed by atoms with Gasteiger partial charge in [0.25, 0.3) is 0 Å². The van der Waals surface area contributed by atoms with Crippen molar-refractivity contribution in [1.82, 2.24) is 10.4 Å². The number of hydroxylamine groups is 2. The monoisotopic (exact) mass is 413 g/mol. The average molecular weight is 413 g/mol. The summed E-state index contributed by atoms with van der Waals surface area (Å²) in [6.07, 6.45) is 1.61. The highest BCUT2D eigenvalue weighted by atomic mass is 16.7. The van der Waals surface area contributed by atoms with Gasteiger partial charge in [-0.15, -0.1) is 0 Å². The van der Waals surface area contributed by atoms with E-state index in [1.54, 1.807) is 13.1 Å². The molecule has 0 atom stereocenters. The molecular formula is C22H27N3O5. The van der Waals surface area contributed by atoms with Crippen LogP contribution in [-0.4, -0.2) is 43.0 Å². The second kappa shape index (κ2) is 12.9. The second-order valence-corrected chi connectivity index (χ2v) is 6.15. The number of rotatable bonds is 11. The molecule has 0 aliphatic heterocycles. The van der Waals surface area contributed by atoms with Crippen molar-refractivity contribution in [3.63, 3.8) is 0 Å². The number of carbonyl (C=O) groups excluding carboxylic acids is 2. The first-order valence-electron chi connectivity index (χ1n) is 9.74. The lowest BCUT2D eigenvalue weighted by atomic mass is 10.1. The number of urea groups is 1. The second-order valence-electron chi connectivity index (χ2n) is 6.15. The van der Waals surface area contributed by atoms with Crippen LogP contribution < -0.4 is 5.32 Å². The number of amides is 2. The summed E-state index contributed by atoms with van der Waals surface area (Å²) in [5.74, 6) is -0.508. The van der Waals surface area contributed by atoms with E-state index in [1.807, 2.05) is 61.5 Å². The van der Waals surface area contributed by atoms with Gasteiger partial charge < -0.3 is 14.9 Å². The molecule has 0 saturated heterocycles. The molecule has 0 radical (unpaired) electrons. The van der Waals surface area contributed by atoms with Crippen molar-refractivity contribution in [3.8, 4) is 0 Å². The molecule has 2 aromatic carbocycles. The molecule has 2 rings (SSSR count). The summed E-state index contributed by atoms with van der Waals surface area (Å²) < 4.78 is 4.84. The summed E-state index contributed by atoms with van der Waals surface area (Å²) in [4.78, 5) is 34.8. The molecule has 8 nitrogen and oxygen atoms in total. The molecule has 0 heterocycles. The van der Waals surface area contributed by atoms with Gasteiger partial charge in [-0.3, -0.25) is 9.63 Å². The molecule has 2 aromatic rings. The van der Waals surface area contributed by atoms with Crippen LogP contribution in [0.4, 0.5) is 4.79 Å². The fourth-order valence-electron chi connectivity index (χ4n) is 2.40. The zero-order chi connectivity index (χ0) is 21.6. The van der Waals surface area contributed by atoms with Crippen LogP contribution in [0.2, 0.25) is 0 Å². The first kappa shape index (κ1) is 22.9. The van der Waals surface area contributed by atoms with Crippen LogP contribution in [0.3, 0.4) is 0 Å². The third-order valence-electron chi connectivity index (χ3n) is 3.86. The van der Waals surface area contributed by atoms with Crippen LogP contribution >= 0.6 is 0 Å². The van der Waals surface area contributed by atoms with Gasteiger partial charge in [0.15, 0.2) is 0 Å². The fraction of sp³-hybridized carbons (Fsp3) is 0.318. The zero-order valence-corrected chi connectivity index (χ0v) is 17.2. The normalized spacial score (nSPS) is 10.6. The van der Waals surface area contributed by atoms with Gasteiger partial charge in [0.05, 0.1) is 19.4 Å². The number of hydrogen-bond acceptors (Lipinski definition) is 6. The lowest BCUT2D eigenvalue weighted by Crippen LogP contribution is -2.42. The van der Waals surface area contributed by atoms with E-state index in [-0.39, 0.29) is 26.3 Å². The molecular weight excluding hydrogens is 386 g/mol. The summed E-state index contributed by atoms with van der Waals surface area (Å²) in [6.45, 7) is 4.50. The van der Waals surface area contributed by atoms with Gasteiger partial charge in [-0.05, 0) is 30.5 Å². The van der Waals surface area contributed by atoms with Crippen LogP contribution in [0.15, 0.2) is 59.8 Å². The van der Waals surface area contributed by atoms with Crippen LogP contribution in [0.5, 0.6) is 0 Å².